The zero-order valence-corrected chi connectivity index (χ0v) is 21.5. The molecule has 1 amide bonds. The summed E-state index contributed by atoms with van der Waals surface area (Å²) in [6.45, 7) is 17.7. The summed E-state index contributed by atoms with van der Waals surface area (Å²) in [6, 6.07) is -0.888. The molecule has 0 aromatic heterocycles. The SMILES string of the molecule is C[C@H](O[Si](C)(C)C(C)(C)C)[C@H]1O[C@@H]2SC(N(C)C(=O)OC(C)(C)C)=N[C@@H]2[C@H](F)[C@@H]1O. The van der Waals surface area contributed by atoms with Crippen molar-refractivity contribution in [2.24, 2.45) is 4.99 Å². The third-order valence-electron chi connectivity index (χ3n) is 5.74. The van der Waals surface area contributed by atoms with Gasteiger partial charge in [0.25, 0.3) is 0 Å². The highest BCUT2D eigenvalue weighted by molar-refractivity contribution is 8.14. The minimum absolute atomic E-state index is 0.0208. The zero-order chi connectivity index (χ0) is 23.2. The van der Waals surface area contributed by atoms with E-state index >= 15 is 4.39 Å². The highest BCUT2D eigenvalue weighted by Crippen LogP contribution is 2.42. The maximum Gasteiger partial charge on any atom is 0.416 e. The Morgan fingerprint density at radius 1 is 1.30 bits per heavy atom. The average molecular weight is 465 g/mol. The minimum atomic E-state index is -2.12. The molecule has 1 saturated heterocycles. The molecule has 0 aromatic carbocycles. The van der Waals surface area contributed by atoms with Gasteiger partial charge in [-0.25, -0.2) is 9.18 Å². The molecule has 30 heavy (non-hydrogen) atoms. The molecule has 2 aliphatic rings. The molecular weight excluding hydrogens is 427 g/mol. The van der Waals surface area contributed by atoms with Crippen molar-refractivity contribution in [1.82, 2.24) is 4.90 Å². The van der Waals surface area contributed by atoms with E-state index in [1.54, 1.807) is 20.8 Å². The number of ether oxygens (including phenoxy) is 2. The summed E-state index contributed by atoms with van der Waals surface area (Å²) in [4.78, 5) is 17.9. The maximum absolute atomic E-state index is 15.1. The Kier molecular flexibility index (Phi) is 7.41. The Morgan fingerprint density at radius 2 is 1.87 bits per heavy atom. The van der Waals surface area contributed by atoms with Gasteiger partial charge in [-0.05, 0) is 45.8 Å². The van der Waals surface area contributed by atoms with Gasteiger partial charge in [-0.3, -0.25) is 9.89 Å². The summed E-state index contributed by atoms with van der Waals surface area (Å²) in [7, 11) is -0.595. The number of amidine groups is 1. The van der Waals surface area contributed by atoms with Crippen LogP contribution in [0.2, 0.25) is 18.1 Å². The average Bonchev–Trinajstić information content (AvgIpc) is 2.98. The lowest BCUT2D eigenvalue weighted by atomic mass is 9.97. The summed E-state index contributed by atoms with van der Waals surface area (Å²) >= 11 is 1.17. The van der Waals surface area contributed by atoms with Crippen LogP contribution in [0.3, 0.4) is 0 Å². The van der Waals surface area contributed by atoms with E-state index < -0.39 is 56.0 Å². The van der Waals surface area contributed by atoms with E-state index in [2.05, 4.69) is 38.9 Å². The van der Waals surface area contributed by atoms with Crippen molar-refractivity contribution >= 4 is 31.3 Å². The van der Waals surface area contributed by atoms with E-state index in [0.29, 0.717) is 5.17 Å². The Morgan fingerprint density at radius 3 is 2.37 bits per heavy atom. The van der Waals surface area contributed by atoms with Crippen LogP contribution >= 0.6 is 11.8 Å². The number of carbonyl (C=O) groups excluding carboxylic acids is 1. The molecule has 2 heterocycles. The van der Waals surface area contributed by atoms with E-state index in [1.807, 2.05) is 6.92 Å². The first-order chi connectivity index (χ1) is 13.4. The quantitative estimate of drug-likeness (QED) is 0.632. The first kappa shape index (κ1) is 25.6. The fourth-order valence-electron chi connectivity index (χ4n) is 3.01. The Balaban J connectivity index is 2.11. The summed E-state index contributed by atoms with van der Waals surface area (Å²) in [5, 5.41) is 10.9. The number of amides is 1. The second kappa shape index (κ2) is 8.69. The van der Waals surface area contributed by atoms with Crippen LogP contribution in [0.1, 0.15) is 48.5 Å². The van der Waals surface area contributed by atoms with Gasteiger partial charge in [0, 0.05) is 7.05 Å². The smallest absolute Gasteiger partial charge is 0.416 e. The summed E-state index contributed by atoms with van der Waals surface area (Å²) < 4.78 is 32.8. The molecular formula is C20H37FN2O5SSi. The second-order valence-electron chi connectivity index (χ2n) is 10.5. The van der Waals surface area contributed by atoms with Gasteiger partial charge in [0.15, 0.2) is 19.7 Å². The predicted molar refractivity (Wildman–Crippen MR) is 120 cm³/mol. The fraction of sp³-hybridized carbons (Fsp3) is 0.900. The number of alkyl halides is 1. The molecule has 0 unspecified atom stereocenters. The molecule has 0 saturated carbocycles. The third kappa shape index (κ3) is 5.56. The number of carbonyl (C=O) groups is 1. The van der Waals surface area contributed by atoms with Gasteiger partial charge in [-0.15, -0.1) is 0 Å². The maximum atomic E-state index is 15.1. The van der Waals surface area contributed by atoms with Crippen molar-refractivity contribution in [1.29, 1.82) is 0 Å². The summed E-state index contributed by atoms with van der Waals surface area (Å²) in [5.74, 6) is 0. The number of hydrogen-bond donors (Lipinski definition) is 1. The molecule has 0 aromatic rings. The number of hydrogen-bond acceptors (Lipinski definition) is 7. The molecule has 2 aliphatic heterocycles. The first-order valence-electron chi connectivity index (χ1n) is 10.3. The lowest BCUT2D eigenvalue weighted by Gasteiger charge is -2.44. The van der Waals surface area contributed by atoms with Gasteiger partial charge in [-0.2, -0.15) is 0 Å². The molecule has 0 bridgehead atoms. The van der Waals surface area contributed by atoms with Gasteiger partial charge < -0.3 is 19.0 Å². The van der Waals surface area contributed by atoms with Crippen molar-refractivity contribution in [2.75, 3.05) is 7.05 Å². The van der Waals surface area contributed by atoms with Crippen molar-refractivity contribution < 1.29 is 28.2 Å². The first-order valence-corrected chi connectivity index (χ1v) is 14.1. The van der Waals surface area contributed by atoms with E-state index in [4.69, 9.17) is 13.9 Å². The van der Waals surface area contributed by atoms with Gasteiger partial charge in [-0.1, -0.05) is 32.5 Å². The third-order valence-corrected chi connectivity index (χ3v) is 11.5. The van der Waals surface area contributed by atoms with Crippen LogP contribution in [0.5, 0.6) is 0 Å². The summed E-state index contributed by atoms with van der Waals surface area (Å²) in [5.41, 5.74) is -1.29. The molecule has 7 nitrogen and oxygen atoms in total. The number of aliphatic hydroxyl groups is 1. The van der Waals surface area contributed by atoms with Crippen LogP contribution < -0.4 is 0 Å². The molecule has 6 atom stereocenters. The molecule has 1 N–H and O–H groups in total. The van der Waals surface area contributed by atoms with E-state index in [0.717, 1.165) is 0 Å². The molecule has 2 rings (SSSR count). The molecule has 0 spiro atoms. The number of thioether (sulfide) groups is 1. The van der Waals surface area contributed by atoms with Crippen LogP contribution in [0.25, 0.3) is 0 Å². The van der Waals surface area contributed by atoms with Gasteiger partial charge in [0.1, 0.15) is 29.3 Å². The Labute approximate surface area is 184 Å². The number of fused-ring (bicyclic) bond motifs is 1. The van der Waals surface area contributed by atoms with E-state index in [-0.39, 0.29) is 5.04 Å². The number of halogens is 1. The van der Waals surface area contributed by atoms with Crippen LogP contribution in [-0.4, -0.2) is 78.2 Å². The monoisotopic (exact) mass is 464 g/mol. The van der Waals surface area contributed by atoms with E-state index in [1.165, 1.54) is 23.7 Å². The van der Waals surface area contributed by atoms with Crippen molar-refractivity contribution in [3.8, 4) is 0 Å². The molecule has 0 aliphatic carbocycles. The second-order valence-corrected chi connectivity index (χ2v) is 16.4. The summed E-state index contributed by atoms with van der Waals surface area (Å²) in [6.07, 6.45) is -4.84. The standard InChI is InChI=1S/C20H37FN2O5SSi/c1-11(28-30(9,10)20(5,6)7)15-14(24)12(21)13-16(26-15)29-17(22-13)23(8)18(25)27-19(2,3)4/h11-16,24H,1-10H3/t11-,12-,13+,14-,15+,16+/m0/s1. The highest BCUT2D eigenvalue weighted by atomic mass is 32.2. The molecule has 10 heteroatoms. The van der Waals surface area contributed by atoms with Crippen LogP contribution in [0.4, 0.5) is 9.18 Å². The molecule has 0 radical (unpaired) electrons. The number of rotatable bonds is 3. The normalized spacial score (nSPS) is 31.1. The zero-order valence-electron chi connectivity index (χ0n) is 19.7. The predicted octanol–water partition coefficient (Wildman–Crippen LogP) is 4.16. The van der Waals surface area contributed by atoms with Gasteiger partial charge >= 0.3 is 6.09 Å². The number of aliphatic imine (C=N–C) groups is 1. The van der Waals surface area contributed by atoms with E-state index in [9.17, 15) is 9.90 Å². The Hall–Kier alpha value is -0.683. The minimum Gasteiger partial charge on any atom is -0.443 e. The van der Waals surface area contributed by atoms with Crippen LogP contribution in [0, 0.1) is 0 Å². The molecule has 1 fully saturated rings. The number of nitrogens with zero attached hydrogens (tertiary/aromatic N) is 2. The highest BCUT2D eigenvalue weighted by Gasteiger charge is 2.53. The van der Waals surface area contributed by atoms with Crippen LogP contribution in [-0.2, 0) is 13.9 Å². The van der Waals surface area contributed by atoms with Gasteiger partial charge in [0.05, 0.1) is 6.10 Å². The molecule has 174 valence electrons. The van der Waals surface area contributed by atoms with Gasteiger partial charge in [0.2, 0.25) is 0 Å². The lowest BCUT2D eigenvalue weighted by molar-refractivity contribution is -0.162. The Bertz CT molecular complexity index is 679. The number of aliphatic hydroxyl groups excluding tert-OH is 1. The fourth-order valence-corrected chi connectivity index (χ4v) is 5.59. The van der Waals surface area contributed by atoms with Crippen molar-refractivity contribution in [3.05, 3.63) is 0 Å². The lowest BCUT2D eigenvalue weighted by Crippen LogP contribution is -2.58. The largest absolute Gasteiger partial charge is 0.443 e. The van der Waals surface area contributed by atoms with Crippen molar-refractivity contribution in [2.45, 2.75) is 108 Å². The van der Waals surface area contributed by atoms with Crippen molar-refractivity contribution in [3.63, 3.8) is 0 Å². The van der Waals surface area contributed by atoms with Crippen LogP contribution in [0.15, 0.2) is 4.99 Å². The topological polar surface area (TPSA) is 80.6 Å².